The highest BCUT2D eigenvalue weighted by molar-refractivity contribution is 6.07. The van der Waals surface area contributed by atoms with Gasteiger partial charge in [-0.3, -0.25) is 4.79 Å². The lowest BCUT2D eigenvalue weighted by Crippen LogP contribution is -2.33. The number of nitrogens with zero attached hydrogens (tertiary/aromatic N) is 1. The highest BCUT2D eigenvalue weighted by Gasteiger charge is 2.39. The molecule has 2 aromatic carbocycles. The van der Waals surface area contributed by atoms with Gasteiger partial charge in [0.1, 0.15) is 5.75 Å². The Morgan fingerprint density at radius 3 is 2.74 bits per heavy atom. The molecule has 4 rings (SSSR count). The summed E-state index contributed by atoms with van der Waals surface area (Å²) in [5.74, 6) is 1.25. The highest BCUT2D eigenvalue weighted by atomic mass is 16.5. The van der Waals surface area contributed by atoms with E-state index in [4.69, 9.17) is 10.5 Å². The monoisotopic (exact) mass is 308 g/mol. The molecule has 0 saturated carbocycles. The van der Waals surface area contributed by atoms with Crippen LogP contribution in [-0.4, -0.2) is 25.6 Å². The van der Waals surface area contributed by atoms with Crippen LogP contribution < -0.4 is 15.4 Å². The Bertz CT molecular complexity index is 757. The number of anilines is 1. The number of carbonyl (C=O) groups excluding carboxylic acids is 1. The van der Waals surface area contributed by atoms with E-state index in [1.165, 1.54) is 11.1 Å². The van der Waals surface area contributed by atoms with Crippen molar-refractivity contribution < 1.29 is 9.53 Å². The highest BCUT2D eigenvalue weighted by Crippen LogP contribution is 2.47. The first-order valence-electron chi connectivity index (χ1n) is 8.01. The van der Waals surface area contributed by atoms with Crippen LogP contribution in [-0.2, 0) is 6.42 Å². The van der Waals surface area contributed by atoms with Gasteiger partial charge in [-0.05, 0) is 42.7 Å². The fraction of sp³-hybridized carbons (Fsp3) is 0.316. The minimum absolute atomic E-state index is 0.0564. The number of hydrogen-bond acceptors (Lipinski definition) is 3. The summed E-state index contributed by atoms with van der Waals surface area (Å²) in [6, 6.07) is 13.5. The lowest BCUT2D eigenvalue weighted by molar-refractivity contribution is 0.0988. The van der Waals surface area contributed by atoms with Crippen LogP contribution >= 0.6 is 0 Å². The predicted octanol–water partition coefficient (Wildman–Crippen LogP) is 2.71. The summed E-state index contributed by atoms with van der Waals surface area (Å²) in [6.07, 6.45) is 1.74. The molecule has 23 heavy (non-hydrogen) atoms. The summed E-state index contributed by atoms with van der Waals surface area (Å²) in [7, 11) is 1.69. The van der Waals surface area contributed by atoms with E-state index in [0.717, 1.165) is 29.8 Å². The van der Waals surface area contributed by atoms with E-state index in [-0.39, 0.29) is 11.9 Å². The zero-order valence-electron chi connectivity index (χ0n) is 13.2. The largest absolute Gasteiger partial charge is 0.496 e. The molecule has 1 amide bonds. The van der Waals surface area contributed by atoms with Crippen molar-refractivity contribution in [2.24, 2.45) is 5.73 Å². The molecule has 0 bridgehead atoms. The second-order valence-electron chi connectivity index (χ2n) is 6.36. The number of hydrogen-bond donors (Lipinski definition) is 1. The van der Waals surface area contributed by atoms with Crippen LogP contribution in [0.5, 0.6) is 5.75 Å². The van der Waals surface area contributed by atoms with Gasteiger partial charge in [-0.25, -0.2) is 0 Å². The number of carbonyl (C=O) groups is 1. The SMILES string of the molecule is COc1ccc2c3c1CC(N)CC3CN2C(=O)c1ccccc1. The fourth-order valence-electron chi connectivity index (χ4n) is 3.97. The Hall–Kier alpha value is -2.33. The molecule has 1 aliphatic carbocycles. The molecule has 2 aliphatic rings. The molecule has 2 atom stereocenters. The number of nitrogens with two attached hydrogens (primary N) is 1. The van der Waals surface area contributed by atoms with Gasteiger partial charge in [-0.15, -0.1) is 0 Å². The van der Waals surface area contributed by atoms with Crippen molar-refractivity contribution in [3.8, 4) is 5.75 Å². The minimum atomic E-state index is 0.0564. The van der Waals surface area contributed by atoms with E-state index in [2.05, 4.69) is 0 Å². The molecule has 4 nitrogen and oxygen atoms in total. The van der Waals surface area contributed by atoms with Crippen molar-refractivity contribution in [1.82, 2.24) is 0 Å². The van der Waals surface area contributed by atoms with Crippen molar-refractivity contribution in [3.05, 3.63) is 59.2 Å². The van der Waals surface area contributed by atoms with Crippen LogP contribution in [0.15, 0.2) is 42.5 Å². The maximum atomic E-state index is 12.9. The molecule has 0 saturated heterocycles. The maximum Gasteiger partial charge on any atom is 0.258 e. The second-order valence-corrected chi connectivity index (χ2v) is 6.36. The van der Waals surface area contributed by atoms with Gasteiger partial charge in [-0.2, -0.15) is 0 Å². The van der Waals surface area contributed by atoms with E-state index in [0.29, 0.717) is 12.5 Å². The lowest BCUT2D eigenvalue weighted by atomic mass is 9.81. The Morgan fingerprint density at radius 2 is 2.00 bits per heavy atom. The topological polar surface area (TPSA) is 55.6 Å². The zero-order valence-corrected chi connectivity index (χ0v) is 13.2. The normalized spacial score (nSPS) is 21.9. The van der Waals surface area contributed by atoms with Crippen molar-refractivity contribution in [2.75, 3.05) is 18.6 Å². The van der Waals surface area contributed by atoms with Crippen LogP contribution in [0.1, 0.15) is 33.8 Å². The molecule has 0 aromatic heterocycles. The summed E-state index contributed by atoms with van der Waals surface area (Å²) in [4.78, 5) is 14.8. The molecule has 0 spiro atoms. The summed E-state index contributed by atoms with van der Waals surface area (Å²) in [5, 5.41) is 0. The van der Waals surface area contributed by atoms with Crippen LogP contribution in [0.2, 0.25) is 0 Å². The van der Waals surface area contributed by atoms with E-state index >= 15 is 0 Å². The van der Waals surface area contributed by atoms with E-state index < -0.39 is 0 Å². The van der Waals surface area contributed by atoms with E-state index in [1.807, 2.05) is 47.4 Å². The number of ether oxygens (including phenoxy) is 1. The Labute approximate surface area is 135 Å². The van der Waals surface area contributed by atoms with Crippen LogP contribution in [0.4, 0.5) is 5.69 Å². The Balaban J connectivity index is 1.79. The first-order valence-corrected chi connectivity index (χ1v) is 8.01. The second kappa shape index (κ2) is 5.39. The molecule has 2 unspecified atom stereocenters. The summed E-state index contributed by atoms with van der Waals surface area (Å²) >= 11 is 0. The van der Waals surface area contributed by atoms with Gasteiger partial charge in [0.25, 0.3) is 5.91 Å². The van der Waals surface area contributed by atoms with Crippen LogP contribution in [0.3, 0.4) is 0 Å². The third-order valence-electron chi connectivity index (χ3n) is 4.93. The lowest BCUT2D eigenvalue weighted by Gasteiger charge is -2.26. The van der Waals surface area contributed by atoms with Gasteiger partial charge >= 0.3 is 0 Å². The molecule has 2 N–H and O–H groups in total. The molecule has 1 aliphatic heterocycles. The smallest absolute Gasteiger partial charge is 0.258 e. The summed E-state index contributed by atoms with van der Waals surface area (Å²) < 4.78 is 5.51. The van der Waals surface area contributed by atoms with Crippen molar-refractivity contribution in [2.45, 2.75) is 24.8 Å². The van der Waals surface area contributed by atoms with Gasteiger partial charge < -0.3 is 15.4 Å². The predicted molar refractivity (Wildman–Crippen MR) is 90.1 cm³/mol. The molecule has 118 valence electrons. The van der Waals surface area contributed by atoms with E-state index in [9.17, 15) is 4.79 Å². The first-order chi connectivity index (χ1) is 11.2. The molecule has 0 radical (unpaired) electrons. The third kappa shape index (κ3) is 2.21. The zero-order chi connectivity index (χ0) is 16.0. The standard InChI is InChI=1S/C19H20N2O2/c1-23-17-8-7-16-18-13(9-14(20)10-15(17)18)11-21(16)19(22)12-5-3-2-4-6-12/h2-8,13-14H,9-11,20H2,1H3. The van der Waals surface area contributed by atoms with Crippen LogP contribution in [0.25, 0.3) is 0 Å². The van der Waals surface area contributed by atoms with Gasteiger partial charge in [-0.1, -0.05) is 18.2 Å². The fourth-order valence-corrected chi connectivity index (χ4v) is 3.97. The number of amides is 1. The van der Waals surface area contributed by atoms with Crippen LogP contribution in [0, 0.1) is 0 Å². The number of rotatable bonds is 2. The number of benzene rings is 2. The quantitative estimate of drug-likeness (QED) is 0.928. The number of methoxy groups -OCH3 is 1. The van der Waals surface area contributed by atoms with Gasteiger partial charge in [0.05, 0.1) is 7.11 Å². The molecule has 0 fully saturated rings. The van der Waals surface area contributed by atoms with Crippen molar-refractivity contribution in [1.29, 1.82) is 0 Å². The summed E-state index contributed by atoms with van der Waals surface area (Å²) in [6.45, 7) is 0.705. The van der Waals surface area contributed by atoms with Crippen molar-refractivity contribution in [3.63, 3.8) is 0 Å². The Morgan fingerprint density at radius 1 is 1.22 bits per heavy atom. The van der Waals surface area contributed by atoms with Gasteiger partial charge in [0, 0.05) is 35.3 Å². The molecule has 2 aromatic rings. The molecule has 4 heteroatoms. The molecule has 1 heterocycles. The minimum Gasteiger partial charge on any atom is -0.496 e. The maximum absolute atomic E-state index is 12.9. The van der Waals surface area contributed by atoms with Gasteiger partial charge in [0.15, 0.2) is 0 Å². The first kappa shape index (κ1) is 14.3. The van der Waals surface area contributed by atoms with Crippen molar-refractivity contribution >= 4 is 11.6 Å². The third-order valence-corrected chi connectivity index (χ3v) is 4.93. The average molecular weight is 308 g/mol. The Kier molecular flexibility index (Phi) is 3.34. The molecular formula is C19H20N2O2. The average Bonchev–Trinajstić information content (AvgIpc) is 2.95. The van der Waals surface area contributed by atoms with E-state index in [1.54, 1.807) is 7.11 Å². The van der Waals surface area contributed by atoms with Gasteiger partial charge in [0.2, 0.25) is 0 Å². The molecular weight excluding hydrogens is 288 g/mol. The summed E-state index contributed by atoms with van der Waals surface area (Å²) in [5.41, 5.74) is 10.4.